The van der Waals surface area contributed by atoms with E-state index in [1.165, 1.54) is 6.33 Å². The SMILES string of the molecule is NSc1nc2ncncc2[nH]1. The molecule has 0 radical (unpaired) electrons. The number of H-pyrrole nitrogens is 1. The Hall–Kier alpha value is -1.14. The van der Waals surface area contributed by atoms with Crippen LogP contribution >= 0.6 is 11.9 Å². The highest BCUT2D eigenvalue weighted by atomic mass is 32.2. The molecule has 11 heavy (non-hydrogen) atoms. The van der Waals surface area contributed by atoms with E-state index in [1.807, 2.05) is 0 Å². The minimum absolute atomic E-state index is 0.646. The third-order valence-electron chi connectivity index (χ3n) is 1.25. The van der Waals surface area contributed by atoms with Gasteiger partial charge in [-0.25, -0.2) is 15.0 Å². The van der Waals surface area contributed by atoms with Gasteiger partial charge in [-0.2, -0.15) is 0 Å². The highest BCUT2D eigenvalue weighted by Gasteiger charge is 2.00. The first kappa shape index (κ1) is 6.56. The Morgan fingerprint density at radius 1 is 1.55 bits per heavy atom. The zero-order chi connectivity index (χ0) is 7.68. The van der Waals surface area contributed by atoms with Crippen molar-refractivity contribution in [2.75, 3.05) is 0 Å². The van der Waals surface area contributed by atoms with E-state index < -0.39 is 0 Å². The lowest BCUT2D eigenvalue weighted by Gasteiger charge is -1.80. The summed E-state index contributed by atoms with van der Waals surface area (Å²) >= 11 is 1.06. The molecule has 0 fully saturated rings. The fraction of sp³-hybridized carbons (Fsp3) is 0. The predicted octanol–water partition coefficient (Wildman–Crippen LogP) is 0.319. The Morgan fingerprint density at radius 2 is 2.45 bits per heavy atom. The van der Waals surface area contributed by atoms with E-state index in [1.54, 1.807) is 6.20 Å². The smallest absolute Gasteiger partial charge is 0.183 e. The van der Waals surface area contributed by atoms with Gasteiger partial charge in [-0.3, -0.25) is 5.14 Å². The molecule has 0 aliphatic heterocycles. The number of hydrogen-bond donors (Lipinski definition) is 2. The lowest BCUT2D eigenvalue weighted by Crippen LogP contribution is -1.79. The number of aromatic amines is 1. The van der Waals surface area contributed by atoms with Gasteiger partial charge in [0, 0.05) is 0 Å². The summed E-state index contributed by atoms with van der Waals surface area (Å²) in [5.74, 6) is 0. The van der Waals surface area contributed by atoms with Crippen LogP contribution < -0.4 is 5.14 Å². The number of nitrogens with zero attached hydrogens (tertiary/aromatic N) is 3. The molecule has 0 saturated heterocycles. The van der Waals surface area contributed by atoms with Crippen LogP contribution in [0.5, 0.6) is 0 Å². The summed E-state index contributed by atoms with van der Waals surface area (Å²) in [7, 11) is 0. The van der Waals surface area contributed by atoms with Crippen molar-refractivity contribution in [3.8, 4) is 0 Å². The normalized spacial score (nSPS) is 10.6. The first-order chi connectivity index (χ1) is 5.40. The van der Waals surface area contributed by atoms with Gasteiger partial charge in [-0.15, -0.1) is 0 Å². The van der Waals surface area contributed by atoms with Gasteiger partial charge in [-0.05, 0) is 11.9 Å². The van der Waals surface area contributed by atoms with Gasteiger partial charge < -0.3 is 4.98 Å². The lowest BCUT2D eigenvalue weighted by molar-refractivity contribution is 1.07. The topological polar surface area (TPSA) is 80.5 Å². The second-order valence-corrected chi connectivity index (χ2v) is 2.54. The predicted molar refractivity (Wildman–Crippen MR) is 41.7 cm³/mol. The molecular weight excluding hydrogens is 162 g/mol. The van der Waals surface area contributed by atoms with E-state index in [0.29, 0.717) is 10.8 Å². The molecule has 5 nitrogen and oxygen atoms in total. The van der Waals surface area contributed by atoms with Crippen LogP contribution in [0.4, 0.5) is 0 Å². The van der Waals surface area contributed by atoms with Crippen LogP contribution in [0.1, 0.15) is 0 Å². The number of nitrogens with two attached hydrogens (primary N) is 1. The number of nitrogens with one attached hydrogen (secondary N) is 1. The van der Waals surface area contributed by atoms with Crippen LogP contribution in [-0.4, -0.2) is 19.9 Å². The molecule has 0 unspecified atom stereocenters. The van der Waals surface area contributed by atoms with E-state index >= 15 is 0 Å². The highest BCUT2D eigenvalue weighted by Crippen LogP contribution is 2.11. The van der Waals surface area contributed by atoms with Crippen LogP contribution in [0, 0.1) is 0 Å². The largest absolute Gasteiger partial charge is 0.329 e. The number of aromatic nitrogens is 4. The van der Waals surface area contributed by atoms with Crippen LogP contribution in [-0.2, 0) is 0 Å². The van der Waals surface area contributed by atoms with Crippen molar-refractivity contribution < 1.29 is 0 Å². The first-order valence-corrected chi connectivity index (χ1v) is 3.80. The average Bonchev–Trinajstić information content (AvgIpc) is 2.46. The molecule has 0 amide bonds. The molecule has 2 aromatic heterocycles. The molecule has 0 saturated carbocycles. The average molecular weight is 167 g/mol. The van der Waals surface area contributed by atoms with E-state index in [9.17, 15) is 0 Å². The van der Waals surface area contributed by atoms with Crippen molar-refractivity contribution in [2.45, 2.75) is 5.16 Å². The maximum absolute atomic E-state index is 5.29. The Kier molecular flexibility index (Phi) is 1.48. The van der Waals surface area contributed by atoms with Crippen molar-refractivity contribution in [3.63, 3.8) is 0 Å². The highest BCUT2D eigenvalue weighted by molar-refractivity contribution is 7.96. The quantitative estimate of drug-likeness (QED) is 0.598. The fourth-order valence-corrected chi connectivity index (χ4v) is 1.10. The summed E-state index contributed by atoms with van der Waals surface area (Å²) in [6.45, 7) is 0. The zero-order valence-electron chi connectivity index (χ0n) is 5.48. The van der Waals surface area contributed by atoms with Gasteiger partial charge in [0.2, 0.25) is 0 Å². The lowest BCUT2D eigenvalue weighted by atomic mass is 10.6. The van der Waals surface area contributed by atoms with Gasteiger partial charge in [0.1, 0.15) is 11.8 Å². The van der Waals surface area contributed by atoms with Gasteiger partial charge in [0.15, 0.2) is 10.8 Å². The molecule has 56 valence electrons. The molecular formula is C5H5N5S. The number of fused-ring (bicyclic) bond motifs is 1. The molecule has 0 aliphatic rings. The van der Waals surface area contributed by atoms with Crippen LogP contribution in [0.2, 0.25) is 0 Å². The van der Waals surface area contributed by atoms with E-state index in [-0.39, 0.29) is 0 Å². The second kappa shape index (κ2) is 2.48. The maximum Gasteiger partial charge on any atom is 0.183 e. The molecule has 2 aromatic rings. The monoisotopic (exact) mass is 167 g/mol. The minimum Gasteiger partial charge on any atom is -0.329 e. The first-order valence-electron chi connectivity index (χ1n) is 2.92. The molecule has 3 N–H and O–H groups in total. The Morgan fingerprint density at radius 3 is 3.18 bits per heavy atom. The maximum atomic E-state index is 5.29. The number of rotatable bonds is 1. The summed E-state index contributed by atoms with van der Waals surface area (Å²) in [6.07, 6.45) is 3.11. The molecule has 0 aromatic carbocycles. The van der Waals surface area contributed by atoms with Crippen molar-refractivity contribution in [3.05, 3.63) is 12.5 Å². The molecule has 0 spiro atoms. The molecule has 0 aliphatic carbocycles. The van der Waals surface area contributed by atoms with Crippen molar-refractivity contribution >= 4 is 23.1 Å². The molecule has 0 bridgehead atoms. The standard InChI is InChI=1S/C5H5N5S/c6-11-5-9-3-1-7-2-8-4(3)10-5/h1-2H,6H2,(H,7,8,9,10). The third kappa shape index (κ3) is 1.06. The van der Waals surface area contributed by atoms with Crippen molar-refractivity contribution in [1.82, 2.24) is 19.9 Å². The zero-order valence-corrected chi connectivity index (χ0v) is 6.30. The van der Waals surface area contributed by atoms with Gasteiger partial charge in [0.25, 0.3) is 0 Å². The van der Waals surface area contributed by atoms with E-state index in [4.69, 9.17) is 5.14 Å². The summed E-state index contributed by atoms with van der Waals surface area (Å²) in [5, 5.41) is 5.94. The van der Waals surface area contributed by atoms with E-state index in [0.717, 1.165) is 17.5 Å². The molecule has 2 rings (SSSR count). The number of hydrogen-bond acceptors (Lipinski definition) is 5. The minimum atomic E-state index is 0.646. The fourth-order valence-electron chi connectivity index (χ4n) is 0.796. The van der Waals surface area contributed by atoms with Crippen molar-refractivity contribution in [1.29, 1.82) is 0 Å². The summed E-state index contributed by atoms with van der Waals surface area (Å²) in [4.78, 5) is 14.8. The summed E-state index contributed by atoms with van der Waals surface area (Å²) in [6, 6.07) is 0. The Labute approximate surface area is 66.6 Å². The summed E-state index contributed by atoms with van der Waals surface area (Å²) in [5.41, 5.74) is 1.45. The van der Waals surface area contributed by atoms with E-state index in [2.05, 4.69) is 19.9 Å². The molecule has 6 heteroatoms. The Bertz CT molecular complexity index is 337. The van der Waals surface area contributed by atoms with Gasteiger partial charge >= 0.3 is 0 Å². The molecule has 2 heterocycles. The van der Waals surface area contributed by atoms with Crippen LogP contribution in [0.3, 0.4) is 0 Å². The van der Waals surface area contributed by atoms with Crippen LogP contribution in [0.15, 0.2) is 17.7 Å². The second-order valence-electron chi connectivity index (χ2n) is 1.92. The van der Waals surface area contributed by atoms with Gasteiger partial charge in [-0.1, -0.05) is 0 Å². The molecule has 0 atom stereocenters. The Balaban J connectivity index is 2.69. The number of imidazole rings is 1. The van der Waals surface area contributed by atoms with Crippen molar-refractivity contribution in [2.24, 2.45) is 5.14 Å². The third-order valence-corrected chi connectivity index (χ3v) is 1.67. The van der Waals surface area contributed by atoms with Crippen LogP contribution in [0.25, 0.3) is 11.2 Å². The van der Waals surface area contributed by atoms with Gasteiger partial charge in [0.05, 0.1) is 6.20 Å². The summed E-state index contributed by atoms with van der Waals surface area (Å²) < 4.78 is 0.